The first-order chi connectivity index (χ1) is 10.6. The molecule has 6 atom stereocenters. The molecular weight excluding hydrogens is 298 g/mol. The Morgan fingerprint density at radius 3 is 2.86 bits per heavy atom. The lowest BCUT2D eigenvalue weighted by Gasteiger charge is -2.22. The van der Waals surface area contributed by atoms with Gasteiger partial charge in [-0.15, -0.1) is 0 Å². The van der Waals surface area contributed by atoms with Crippen LogP contribution in [0.2, 0.25) is 5.02 Å². The lowest BCUT2D eigenvalue weighted by molar-refractivity contribution is 0.101. The van der Waals surface area contributed by atoms with Crippen LogP contribution in [0.4, 0.5) is 4.79 Å². The van der Waals surface area contributed by atoms with Crippen molar-refractivity contribution in [2.75, 3.05) is 0 Å². The minimum Gasteiger partial charge on any atom is -0.446 e. The van der Waals surface area contributed by atoms with Gasteiger partial charge in [-0.25, -0.2) is 4.79 Å². The Kier molecular flexibility index (Phi) is 3.56. The molecule has 0 saturated heterocycles. The highest BCUT2D eigenvalue weighted by atomic mass is 35.5. The van der Waals surface area contributed by atoms with Crippen molar-refractivity contribution in [2.45, 2.75) is 44.8 Å². The minimum absolute atomic E-state index is 0.174. The number of alkyl carbamates (subject to hydrolysis) is 1. The van der Waals surface area contributed by atoms with Gasteiger partial charge in [-0.2, -0.15) is 0 Å². The molecule has 4 rings (SSSR count). The van der Waals surface area contributed by atoms with Crippen LogP contribution in [-0.2, 0) is 11.2 Å². The van der Waals surface area contributed by atoms with Gasteiger partial charge in [0.15, 0.2) is 0 Å². The van der Waals surface area contributed by atoms with E-state index in [-0.39, 0.29) is 12.2 Å². The number of nitrogens with one attached hydrogen (secondary N) is 1. The van der Waals surface area contributed by atoms with Crippen molar-refractivity contribution in [2.24, 2.45) is 23.7 Å². The van der Waals surface area contributed by atoms with Crippen molar-refractivity contribution in [1.29, 1.82) is 0 Å². The highest BCUT2D eigenvalue weighted by Crippen LogP contribution is 2.68. The van der Waals surface area contributed by atoms with Crippen LogP contribution in [0, 0.1) is 23.7 Å². The second kappa shape index (κ2) is 5.45. The van der Waals surface area contributed by atoms with Crippen LogP contribution in [0.25, 0.3) is 0 Å². The van der Waals surface area contributed by atoms with Gasteiger partial charge in [-0.1, -0.05) is 29.8 Å². The molecule has 3 aliphatic carbocycles. The summed E-state index contributed by atoms with van der Waals surface area (Å²) >= 11 is 6.15. The van der Waals surface area contributed by atoms with Gasteiger partial charge in [0.05, 0.1) is 0 Å². The summed E-state index contributed by atoms with van der Waals surface area (Å²) in [5.41, 5.74) is 1.02. The number of benzene rings is 1. The minimum atomic E-state index is -0.269. The Balaban J connectivity index is 1.28. The first-order valence-corrected chi connectivity index (χ1v) is 8.72. The molecule has 0 aromatic heterocycles. The maximum atomic E-state index is 12.1. The van der Waals surface area contributed by atoms with Crippen LogP contribution in [0.15, 0.2) is 24.3 Å². The second-order valence-corrected chi connectivity index (χ2v) is 7.55. The Labute approximate surface area is 136 Å². The third kappa shape index (κ3) is 2.50. The molecule has 0 bridgehead atoms. The maximum Gasteiger partial charge on any atom is 0.407 e. The van der Waals surface area contributed by atoms with Crippen molar-refractivity contribution in [3.8, 4) is 0 Å². The molecule has 118 valence electrons. The number of hydrogen-bond donors (Lipinski definition) is 1. The highest BCUT2D eigenvalue weighted by molar-refractivity contribution is 6.31. The number of hydrogen-bond acceptors (Lipinski definition) is 2. The van der Waals surface area contributed by atoms with Crippen molar-refractivity contribution in [1.82, 2.24) is 5.32 Å². The molecular formula is C18H22ClNO2. The molecule has 0 heterocycles. The van der Waals surface area contributed by atoms with Crippen LogP contribution in [0.5, 0.6) is 0 Å². The van der Waals surface area contributed by atoms with Crippen molar-refractivity contribution < 1.29 is 9.53 Å². The molecule has 0 aliphatic heterocycles. The third-order valence-electron chi connectivity index (χ3n) is 5.85. The zero-order valence-corrected chi connectivity index (χ0v) is 13.6. The Bertz CT molecular complexity index is 590. The van der Waals surface area contributed by atoms with Gasteiger partial charge in [0.1, 0.15) is 6.10 Å². The molecule has 3 aliphatic rings. The van der Waals surface area contributed by atoms with E-state index in [9.17, 15) is 4.79 Å². The van der Waals surface area contributed by atoms with E-state index in [4.69, 9.17) is 16.3 Å². The zero-order chi connectivity index (χ0) is 15.3. The molecule has 1 aromatic rings. The lowest BCUT2D eigenvalue weighted by atomic mass is 10.0. The van der Waals surface area contributed by atoms with Gasteiger partial charge in [-0.05, 0) is 61.5 Å². The molecule has 3 saturated carbocycles. The summed E-state index contributed by atoms with van der Waals surface area (Å²) < 4.78 is 5.52. The van der Waals surface area contributed by atoms with Gasteiger partial charge >= 0.3 is 6.09 Å². The fourth-order valence-electron chi connectivity index (χ4n) is 4.91. The van der Waals surface area contributed by atoms with Crippen LogP contribution in [-0.4, -0.2) is 18.2 Å². The van der Waals surface area contributed by atoms with E-state index in [0.717, 1.165) is 34.8 Å². The Morgan fingerprint density at radius 2 is 2.09 bits per heavy atom. The molecule has 1 aromatic carbocycles. The summed E-state index contributed by atoms with van der Waals surface area (Å²) in [6.45, 7) is 1.92. The predicted octanol–water partition coefficient (Wildman–Crippen LogP) is 4.04. The van der Waals surface area contributed by atoms with E-state index in [1.807, 2.05) is 31.2 Å². The average Bonchev–Trinajstić information content (AvgIpc) is 2.85. The van der Waals surface area contributed by atoms with Gasteiger partial charge in [0.2, 0.25) is 0 Å². The van der Waals surface area contributed by atoms with Crippen LogP contribution < -0.4 is 5.32 Å². The number of halogens is 1. The third-order valence-corrected chi connectivity index (χ3v) is 6.21. The van der Waals surface area contributed by atoms with E-state index in [0.29, 0.717) is 18.4 Å². The van der Waals surface area contributed by atoms with E-state index in [1.54, 1.807) is 0 Å². The van der Waals surface area contributed by atoms with Crippen molar-refractivity contribution in [3.63, 3.8) is 0 Å². The highest BCUT2D eigenvalue weighted by Gasteiger charge is 2.64. The van der Waals surface area contributed by atoms with Crippen LogP contribution >= 0.6 is 11.6 Å². The monoisotopic (exact) mass is 319 g/mol. The summed E-state index contributed by atoms with van der Waals surface area (Å²) in [5, 5.41) is 3.83. The summed E-state index contributed by atoms with van der Waals surface area (Å²) in [4.78, 5) is 12.1. The van der Waals surface area contributed by atoms with Crippen LogP contribution in [0.1, 0.15) is 31.7 Å². The Morgan fingerprint density at radius 1 is 1.32 bits per heavy atom. The normalized spacial score (nSPS) is 35.8. The molecule has 3 fully saturated rings. The van der Waals surface area contributed by atoms with E-state index < -0.39 is 0 Å². The number of carbonyl (C=O) groups is 1. The Hall–Kier alpha value is -1.22. The van der Waals surface area contributed by atoms with Crippen molar-refractivity contribution in [3.05, 3.63) is 34.9 Å². The number of fused-ring (bicyclic) bond motifs is 1. The average molecular weight is 320 g/mol. The fourth-order valence-corrected chi connectivity index (χ4v) is 5.13. The molecule has 1 N–H and O–H groups in total. The number of amides is 1. The topological polar surface area (TPSA) is 38.3 Å². The SMILES string of the molecule is CC(Cc1ccccc1Cl)OC(=O)NC1CC2C3CCC1C32. The molecule has 1 amide bonds. The van der Waals surface area contributed by atoms with Crippen LogP contribution in [0.3, 0.4) is 0 Å². The van der Waals surface area contributed by atoms with Gasteiger partial charge in [0.25, 0.3) is 0 Å². The first-order valence-electron chi connectivity index (χ1n) is 8.34. The largest absolute Gasteiger partial charge is 0.446 e. The molecule has 0 radical (unpaired) electrons. The van der Waals surface area contributed by atoms with Gasteiger partial charge < -0.3 is 10.1 Å². The zero-order valence-electron chi connectivity index (χ0n) is 12.8. The lowest BCUT2D eigenvalue weighted by Crippen LogP contribution is -2.40. The van der Waals surface area contributed by atoms with E-state index in [1.165, 1.54) is 12.8 Å². The summed E-state index contributed by atoms with van der Waals surface area (Å²) in [5.74, 6) is 3.50. The molecule has 4 heteroatoms. The number of rotatable bonds is 4. The summed E-state index contributed by atoms with van der Waals surface area (Å²) in [6, 6.07) is 8.04. The summed E-state index contributed by atoms with van der Waals surface area (Å²) in [7, 11) is 0. The maximum absolute atomic E-state index is 12.1. The summed E-state index contributed by atoms with van der Waals surface area (Å²) in [6.07, 6.45) is 4.02. The van der Waals surface area contributed by atoms with Gasteiger partial charge in [-0.3, -0.25) is 0 Å². The van der Waals surface area contributed by atoms with Crippen molar-refractivity contribution >= 4 is 17.7 Å². The molecule has 0 spiro atoms. The number of carbonyl (C=O) groups excluding carboxylic acids is 1. The molecule has 6 unspecified atom stereocenters. The smallest absolute Gasteiger partial charge is 0.407 e. The predicted molar refractivity (Wildman–Crippen MR) is 85.8 cm³/mol. The van der Waals surface area contributed by atoms with E-state index in [2.05, 4.69) is 5.32 Å². The number of ether oxygens (including phenoxy) is 1. The standard InChI is InChI=1S/C18H22ClNO2/c1-10(8-11-4-2-3-5-15(11)19)22-18(21)20-16-9-14-12-6-7-13(16)17(12)14/h2-5,10,12-14,16-17H,6-9H2,1H3,(H,20,21). The van der Waals surface area contributed by atoms with E-state index >= 15 is 0 Å². The second-order valence-electron chi connectivity index (χ2n) is 7.14. The quantitative estimate of drug-likeness (QED) is 0.909. The molecule has 22 heavy (non-hydrogen) atoms. The molecule has 3 nitrogen and oxygen atoms in total. The first kappa shape index (κ1) is 14.4. The van der Waals surface area contributed by atoms with Gasteiger partial charge in [0, 0.05) is 17.5 Å². The fraction of sp³-hybridized carbons (Fsp3) is 0.611.